The van der Waals surface area contributed by atoms with Gasteiger partial charge in [0.25, 0.3) is 19.2 Å². The zero-order chi connectivity index (χ0) is 61.2. The SMILES string of the molecule is C.C=CC(CCCC(=O)CC(=O)OCC)OCOC.C=CC(CCOS(=O)(=O)c1ccc(C)cc1)OCOC.C=CC(O)CC(=O)OC(C)(C)C.CCOC(=O)CC(C)=O.COCCl.Cc1ccc(S(=O)(=O)Cl)cc1.[CH2-]CCC.[Li+]. The number of aliphatic hydroxyl groups excluding tert-OH is 1. The Bertz CT molecular complexity index is 2130. The number of hydrogen-bond acceptors (Lipinski definition) is 19. The number of carbonyl (C=O) groups excluding carboxylic acids is 5. The van der Waals surface area contributed by atoms with Gasteiger partial charge in [0.15, 0.2) is 0 Å². The van der Waals surface area contributed by atoms with E-state index in [0.717, 1.165) is 17.5 Å². The van der Waals surface area contributed by atoms with Crippen molar-refractivity contribution in [1.29, 1.82) is 0 Å². The predicted octanol–water partition coefficient (Wildman–Crippen LogP) is 7.93. The van der Waals surface area contributed by atoms with Gasteiger partial charge in [0, 0.05) is 44.9 Å². The maximum atomic E-state index is 11.9. The summed E-state index contributed by atoms with van der Waals surface area (Å²) in [6.45, 7) is 31.2. The second-order valence-electron chi connectivity index (χ2n) is 16.8. The molecule has 2 aromatic rings. The molecule has 1 N–H and O–H groups in total. The molecule has 0 bridgehead atoms. The number of hydrogen-bond donors (Lipinski definition) is 1. The van der Waals surface area contributed by atoms with Crippen molar-refractivity contribution in [3.05, 3.63) is 105 Å². The molecule has 0 aromatic heterocycles. The average Bonchev–Trinajstić information content (AvgIpc) is 3.36. The second kappa shape index (κ2) is 57.0. The summed E-state index contributed by atoms with van der Waals surface area (Å²) in [7, 11) is 2.42. The molecule has 2 rings (SSSR count). The fraction of sp³-hybridized carbons (Fsp3) is 0.571. The van der Waals surface area contributed by atoms with Crippen LogP contribution < -0.4 is 18.9 Å². The number of ether oxygens (including phenoxy) is 8. The van der Waals surface area contributed by atoms with Gasteiger partial charge in [0.1, 0.15) is 49.7 Å². The van der Waals surface area contributed by atoms with Gasteiger partial charge in [-0.05, 0) is 92.5 Å². The Labute approximate surface area is 501 Å². The van der Waals surface area contributed by atoms with Gasteiger partial charge in [-0.3, -0.25) is 28.2 Å². The number of esters is 3. The van der Waals surface area contributed by atoms with Gasteiger partial charge in [-0.25, -0.2) is 8.42 Å². The third kappa shape index (κ3) is 61.8. The summed E-state index contributed by atoms with van der Waals surface area (Å²) < 4.78 is 88.8. The fourth-order valence-electron chi connectivity index (χ4n) is 4.61. The van der Waals surface area contributed by atoms with Crippen LogP contribution in [-0.4, -0.2) is 136 Å². The Morgan fingerprint density at radius 2 is 1.12 bits per heavy atom. The van der Waals surface area contributed by atoms with E-state index in [2.05, 4.69) is 43.1 Å². The number of aliphatic hydroxyl groups is 1. The molecule has 0 saturated carbocycles. The number of unbranched alkanes of at least 4 members (excludes halogenated alkanes) is 1. The number of halogens is 2. The maximum absolute atomic E-state index is 11.9. The molecular weight excluding hydrogens is 1120 g/mol. The Hall–Kier alpha value is -3.79. The molecule has 0 spiro atoms. The first-order valence-electron chi connectivity index (χ1n) is 24.6. The number of carbonyl (C=O) groups is 5. The molecule has 19 nitrogen and oxygen atoms in total. The molecule has 2 aromatic carbocycles. The van der Waals surface area contributed by atoms with Crippen LogP contribution in [0, 0.1) is 20.8 Å². The largest absolute Gasteiger partial charge is 1.00 e. The molecule has 24 heteroatoms. The Morgan fingerprint density at radius 1 is 0.713 bits per heavy atom. The molecule has 80 heavy (non-hydrogen) atoms. The summed E-state index contributed by atoms with van der Waals surface area (Å²) in [6, 6.07) is 13.2. The molecule has 0 aliphatic carbocycles. The van der Waals surface area contributed by atoms with Gasteiger partial charge < -0.3 is 49.9 Å². The number of methoxy groups -OCH3 is 3. The van der Waals surface area contributed by atoms with E-state index in [1.165, 1.54) is 50.8 Å². The van der Waals surface area contributed by atoms with Gasteiger partial charge in [-0.15, -0.1) is 19.7 Å². The van der Waals surface area contributed by atoms with Gasteiger partial charge >= 0.3 is 36.8 Å². The van der Waals surface area contributed by atoms with E-state index in [1.54, 1.807) is 85.3 Å². The van der Waals surface area contributed by atoms with Crippen LogP contribution in [0.1, 0.15) is 125 Å². The van der Waals surface area contributed by atoms with Crippen LogP contribution in [0.5, 0.6) is 0 Å². The summed E-state index contributed by atoms with van der Waals surface area (Å²) >= 11 is 4.96. The third-order valence-corrected chi connectivity index (χ3v) is 11.3. The average molecular weight is 1210 g/mol. The first-order chi connectivity index (χ1) is 36.5. The first kappa shape index (κ1) is 90.0. The van der Waals surface area contributed by atoms with E-state index in [0.29, 0.717) is 45.0 Å². The van der Waals surface area contributed by atoms with Gasteiger partial charge in [-0.2, -0.15) is 14.8 Å². The Kier molecular flexibility index (Phi) is 64.2. The monoisotopic (exact) mass is 1210 g/mol. The topological polar surface area (TPSA) is 257 Å². The second-order valence-corrected chi connectivity index (χ2v) is 21.2. The number of alkyl halides is 1. The number of aryl methyl sites for hydroxylation is 2. The quantitative estimate of drug-likeness (QED) is 0.00775. The van der Waals surface area contributed by atoms with E-state index in [1.807, 2.05) is 13.8 Å². The Balaban J connectivity index is -0.000000164. The van der Waals surface area contributed by atoms with E-state index in [9.17, 15) is 40.8 Å². The number of ketones is 2. The standard InChI is InChI=1S/C14H20O5S.C13H22O5.C9H16O3.C7H7ClO2S.C6H10O3.C4H9.C2H5ClO.CH4.Li/c1-4-13(18-11-17-3)9-10-19-20(15,16)14-7-5-12(2)6-8-14;1-4-12(18-10-16-3)8-6-7-11(14)9-13(15)17-5-2;1-5-7(10)6-8(11)12-9(2,3)4;1-6-2-4-7(5-3-6)11(8,9)10;1-3-9-6(8)4-5(2)7;1-3-4-2;1-4-2-3;;/h4-8,13H,1,9-11H2,2-3H3;4,12H,1,5-10H2,2-3H3;5,7,10H,1,6H2,2-4H3;2-5H,1H3;3-4H2,1-2H3;1,3-4H2,2H3;2H2,1H3;1H4;/q;;;;;-1;;;+1. The van der Waals surface area contributed by atoms with E-state index in [-0.39, 0.29) is 99.3 Å². The van der Waals surface area contributed by atoms with Crippen molar-refractivity contribution in [3.63, 3.8) is 0 Å². The van der Waals surface area contributed by atoms with E-state index < -0.39 is 48.8 Å². The molecule has 0 aliphatic rings. The van der Waals surface area contributed by atoms with Crippen LogP contribution in [-0.2, 0) is 85.2 Å². The zero-order valence-electron chi connectivity index (χ0n) is 48.9. The third-order valence-electron chi connectivity index (χ3n) is 8.40. The van der Waals surface area contributed by atoms with Crippen LogP contribution in [0.15, 0.2) is 96.3 Å². The minimum absolute atomic E-state index is 0. The van der Waals surface area contributed by atoms with Crippen molar-refractivity contribution in [1.82, 2.24) is 0 Å². The molecule has 0 radical (unpaired) electrons. The molecular formula is C56H93Cl2LiO19S2. The van der Waals surface area contributed by atoms with Gasteiger partial charge in [0.2, 0.25) is 0 Å². The van der Waals surface area contributed by atoms with Gasteiger partial charge in [-0.1, -0.05) is 86.0 Å². The summed E-state index contributed by atoms with van der Waals surface area (Å²) in [5.41, 5.74) is 1.51. The molecule has 0 saturated heterocycles. The number of benzene rings is 2. The van der Waals surface area contributed by atoms with Crippen LogP contribution in [0.3, 0.4) is 0 Å². The zero-order valence-corrected chi connectivity index (χ0v) is 52.0. The minimum atomic E-state index is -3.72. The molecule has 0 amide bonds. The van der Waals surface area contributed by atoms with Crippen molar-refractivity contribution in [2.45, 2.75) is 161 Å². The fourth-order valence-corrected chi connectivity index (χ4v) is 6.30. The van der Waals surface area contributed by atoms with E-state index >= 15 is 0 Å². The molecule has 0 heterocycles. The molecule has 0 fully saturated rings. The first-order valence-corrected chi connectivity index (χ1v) is 28.9. The normalized spacial score (nSPS) is 11.3. The van der Waals surface area contributed by atoms with Crippen LogP contribution >= 0.6 is 22.3 Å². The molecule has 3 unspecified atom stereocenters. The van der Waals surface area contributed by atoms with Crippen LogP contribution in [0.25, 0.3) is 0 Å². The van der Waals surface area contributed by atoms with Crippen molar-refractivity contribution in [2.24, 2.45) is 0 Å². The van der Waals surface area contributed by atoms with Crippen molar-refractivity contribution in [2.75, 3.05) is 60.8 Å². The predicted molar refractivity (Wildman–Crippen MR) is 310 cm³/mol. The van der Waals surface area contributed by atoms with Crippen LogP contribution in [0.4, 0.5) is 0 Å². The summed E-state index contributed by atoms with van der Waals surface area (Å²) in [5, 5.41) is 9.01. The van der Waals surface area contributed by atoms with Crippen molar-refractivity contribution < 1.29 is 107 Å². The van der Waals surface area contributed by atoms with Crippen molar-refractivity contribution >= 4 is 70.9 Å². The summed E-state index contributed by atoms with van der Waals surface area (Å²) in [5.74, 6) is -1.57. The summed E-state index contributed by atoms with van der Waals surface area (Å²) in [4.78, 5) is 54.4. The molecule has 3 atom stereocenters. The minimum Gasteiger partial charge on any atom is -0.466 e. The summed E-state index contributed by atoms with van der Waals surface area (Å²) in [6.07, 6.45) is 7.40. The molecule has 458 valence electrons. The Morgan fingerprint density at radius 3 is 1.46 bits per heavy atom. The smallest absolute Gasteiger partial charge is 0.466 e. The maximum Gasteiger partial charge on any atom is 1.00 e. The number of Topliss-reactive ketones (excluding diaryl/α,β-unsaturated/α-hetero) is 2. The van der Waals surface area contributed by atoms with Crippen molar-refractivity contribution in [3.8, 4) is 0 Å². The van der Waals surface area contributed by atoms with E-state index in [4.69, 9.17) is 60.0 Å². The molecule has 0 aliphatic heterocycles. The number of rotatable bonds is 29. The van der Waals surface area contributed by atoms with Gasteiger partial charge in [0.05, 0.1) is 54.3 Å². The van der Waals surface area contributed by atoms with Crippen LogP contribution in [0.2, 0.25) is 0 Å².